The summed E-state index contributed by atoms with van der Waals surface area (Å²) in [5.74, 6) is -0.255. The lowest BCUT2D eigenvalue weighted by atomic mass is 9.93. The summed E-state index contributed by atoms with van der Waals surface area (Å²) in [6.07, 6.45) is 7.06. The summed E-state index contributed by atoms with van der Waals surface area (Å²) >= 11 is 0. The van der Waals surface area contributed by atoms with Crippen LogP contribution in [-0.4, -0.2) is 25.2 Å². The van der Waals surface area contributed by atoms with Crippen LogP contribution in [0.1, 0.15) is 37.7 Å². The first-order valence-electron chi connectivity index (χ1n) is 8.14. The molecule has 1 aromatic rings. The molecule has 0 radical (unpaired) electrons. The lowest BCUT2D eigenvalue weighted by molar-refractivity contribution is 0.322. The highest BCUT2D eigenvalue weighted by atomic mass is 19.1. The Balaban J connectivity index is 1.50. The highest BCUT2D eigenvalue weighted by Gasteiger charge is 2.34. The Kier molecular flexibility index (Phi) is 4.86. The van der Waals surface area contributed by atoms with Gasteiger partial charge in [-0.15, -0.1) is 0 Å². The van der Waals surface area contributed by atoms with E-state index < -0.39 is 11.6 Å². The first-order valence-corrected chi connectivity index (χ1v) is 8.14. The summed E-state index contributed by atoms with van der Waals surface area (Å²) in [4.78, 5) is 0. The third kappa shape index (κ3) is 3.80. The third-order valence-electron chi connectivity index (χ3n) is 4.93. The van der Waals surface area contributed by atoms with Gasteiger partial charge in [-0.1, -0.05) is 6.42 Å². The van der Waals surface area contributed by atoms with Crippen molar-refractivity contribution in [1.29, 1.82) is 0 Å². The van der Waals surface area contributed by atoms with E-state index in [9.17, 15) is 8.78 Å². The molecule has 3 rings (SSSR count). The van der Waals surface area contributed by atoms with Crippen molar-refractivity contribution >= 4 is 0 Å². The molecule has 2 N–H and O–H groups in total. The second-order valence-electron chi connectivity index (χ2n) is 6.39. The lowest BCUT2D eigenvalue weighted by Gasteiger charge is -2.26. The van der Waals surface area contributed by atoms with E-state index in [0.29, 0.717) is 18.5 Å². The molecule has 3 atom stereocenters. The van der Waals surface area contributed by atoms with Gasteiger partial charge in [-0.3, -0.25) is 0 Å². The molecule has 2 nitrogen and oxygen atoms in total. The summed E-state index contributed by atoms with van der Waals surface area (Å²) in [6, 6.07) is 5.00. The van der Waals surface area contributed by atoms with Crippen molar-refractivity contribution in [3.63, 3.8) is 0 Å². The largest absolute Gasteiger partial charge is 0.314 e. The average Bonchev–Trinajstić information content (AvgIpc) is 3.07. The van der Waals surface area contributed by atoms with Crippen molar-refractivity contribution in [3.05, 3.63) is 35.4 Å². The Bertz CT molecular complexity index is 452. The Morgan fingerprint density at radius 3 is 2.57 bits per heavy atom. The molecule has 21 heavy (non-hydrogen) atoms. The minimum Gasteiger partial charge on any atom is -0.314 e. The molecule has 116 valence electrons. The number of hydrogen-bond donors (Lipinski definition) is 2. The minimum atomic E-state index is -0.487. The van der Waals surface area contributed by atoms with Gasteiger partial charge in [0, 0.05) is 18.2 Å². The summed E-state index contributed by atoms with van der Waals surface area (Å²) in [6.45, 7) is 1.94. The van der Waals surface area contributed by atoms with Crippen LogP contribution >= 0.6 is 0 Å². The van der Waals surface area contributed by atoms with Gasteiger partial charge in [-0.25, -0.2) is 8.78 Å². The molecule has 1 aliphatic carbocycles. The van der Waals surface area contributed by atoms with Gasteiger partial charge in [-0.2, -0.15) is 0 Å². The zero-order valence-corrected chi connectivity index (χ0v) is 12.4. The monoisotopic (exact) mass is 294 g/mol. The number of nitrogens with one attached hydrogen (secondary N) is 2. The molecule has 1 saturated carbocycles. The molecule has 1 heterocycles. The summed E-state index contributed by atoms with van der Waals surface area (Å²) in [7, 11) is 0. The molecule has 4 heteroatoms. The maximum atomic E-state index is 13.2. The Morgan fingerprint density at radius 2 is 1.86 bits per heavy atom. The van der Waals surface area contributed by atoms with Crippen molar-refractivity contribution in [2.75, 3.05) is 13.1 Å². The SMILES string of the molecule is Fc1cc(F)cc(CCNC2CCCC2C2CCCN2)c1. The van der Waals surface area contributed by atoms with Crippen molar-refractivity contribution in [1.82, 2.24) is 10.6 Å². The molecule has 0 bridgehead atoms. The van der Waals surface area contributed by atoms with E-state index in [4.69, 9.17) is 0 Å². The standard InChI is InChI=1S/C17H24F2N2/c18-13-9-12(10-14(19)11-13)6-8-21-16-4-1-3-15(16)17-5-2-7-20-17/h9-11,15-17,20-21H,1-8H2. The maximum Gasteiger partial charge on any atom is 0.126 e. The normalized spacial score (nSPS) is 29.1. The molecular weight excluding hydrogens is 270 g/mol. The Hall–Kier alpha value is -1.00. The van der Waals surface area contributed by atoms with E-state index in [2.05, 4.69) is 10.6 Å². The Labute approximate surface area is 125 Å². The van der Waals surface area contributed by atoms with E-state index in [1.54, 1.807) is 0 Å². The van der Waals surface area contributed by atoms with Crippen LogP contribution in [0.5, 0.6) is 0 Å². The maximum absolute atomic E-state index is 13.2. The molecule has 1 aliphatic heterocycles. The van der Waals surface area contributed by atoms with Crippen molar-refractivity contribution in [2.24, 2.45) is 5.92 Å². The number of halogens is 2. The van der Waals surface area contributed by atoms with Crippen molar-refractivity contribution in [3.8, 4) is 0 Å². The van der Waals surface area contributed by atoms with Gasteiger partial charge in [0.1, 0.15) is 11.6 Å². The van der Waals surface area contributed by atoms with Crippen molar-refractivity contribution < 1.29 is 8.78 Å². The summed E-state index contributed by atoms with van der Waals surface area (Å²) in [5, 5.41) is 7.22. The van der Waals surface area contributed by atoms with Crippen LogP contribution in [0.4, 0.5) is 8.78 Å². The van der Waals surface area contributed by atoms with Gasteiger partial charge in [0.05, 0.1) is 0 Å². The highest BCUT2D eigenvalue weighted by Crippen LogP contribution is 2.31. The van der Waals surface area contributed by atoms with Crippen LogP contribution in [0.3, 0.4) is 0 Å². The molecule has 0 spiro atoms. The average molecular weight is 294 g/mol. The molecule has 1 saturated heterocycles. The van der Waals surface area contributed by atoms with Gasteiger partial charge in [0.15, 0.2) is 0 Å². The molecule has 2 aliphatic rings. The van der Waals surface area contributed by atoms with Gasteiger partial charge < -0.3 is 10.6 Å². The van der Waals surface area contributed by atoms with Crippen LogP contribution in [0, 0.1) is 17.6 Å². The van der Waals surface area contributed by atoms with Gasteiger partial charge >= 0.3 is 0 Å². The van der Waals surface area contributed by atoms with Crippen LogP contribution in [0.15, 0.2) is 18.2 Å². The van der Waals surface area contributed by atoms with E-state index in [0.717, 1.165) is 30.6 Å². The Morgan fingerprint density at radius 1 is 1.05 bits per heavy atom. The zero-order chi connectivity index (χ0) is 14.7. The van der Waals surface area contributed by atoms with Gasteiger partial charge in [0.2, 0.25) is 0 Å². The quantitative estimate of drug-likeness (QED) is 0.872. The van der Waals surface area contributed by atoms with Crippen LogP contribution < -0.4 is 10.6 Å². The van der Waals surface area contributed by atoms with Crippen LogP contribution in [0.25, 0.3) is 0 Å². The van der Waals surface area contributed by atoms with E-state index in [1.807, 2.05) is 0 Å². The molecule has 2 fully saturated rings. The number of hydrogen-bond acceptors (Lipinski definition) is 2. The fourth-order valence-electron chi connectivity index (χ4n) is 3.96. The molecule has 3 unspecified atom stereocenters. The topological polar surface area (TPSA) is 24.1 Å². The first kappa shape index (κ1) is 14.9. The molecular formula is C17H24F2N2. The lowest BCUT2D eigenvalue weighted by Crippen LogP contribution is -2.42. The molecule has 0 aromatic heterocycles. The van der Waals surface area contributed by atoms with Crippen LogP contribution in [-0.2, 0) is 6.42 Å². The smallest absolute Gasteiger partial charge is 0.126 e. The minimum absolute atomic E-state index is 0.487. The third-order valence-corrected chi connectivity index (χ3v) is 4.93. The van der Waals surface area contributed by atoms with Gasteiger partial charge in [-0.05, 0) is 68.8 Å². The summed E-state index contributed by atoms with van der Waals surface area (Å²) < 4.78 is 26.3. The highest BCUT2D eigenvalue weighted by molar-refractivity contribution is 5.18. The second-order valence-corrected chi connectivity index (χ2v) is 6.39. The number of rotatable bonds is 5. The fourth-order valence-corrected chi connectivity index (χ4v) is 3.96. The predicted molar refractivity (Wildman–Crippen MR) is 80.2 cm³/mol. The summed E-state index contributed by atoms with van der Waals surface area (Å²) in [5.41, 5.74) is 0.730. The first-order chi connectivity index (χ1) is 10.2. The second kappa shape index (κ2) is 6.84. The number of benzene rings is 1. The van der Waals surface area contributed by atoms with Crippen molar-refractivity contribution in [2.45, 2.75) is 50.6 Å². The molecule has 1 aromatic carbocycles. The predicted octanol–water partition coefficient (Wildman–Crippen LogP) is 3.02. The van der Waals surface area contributed by atoms with E-state index >= 15 is 0 Å². The molecule has 0 amide bonds. The fraction of sp³-hybridized carbons (Fsp3) is 0.647. The zero-order valence-electron chi connectivity index (χ0n) is 12.4. The van der Waals surface area contributed by atoms with E-state index in [-0.39, 0.29) is 0 Å². The van der Waals surface area contributed by atoms with Crippen LogP contribution in [0.2, 0.25) is 0 Å². The van der Waals surface area contributed by atoms with E-state index in [1.165, 1.54) is 44.2 Å². The van der Waals surface area contributed by atoms with Gasteiger partial charge in [0.25, 0.3) is 0 Å².